The van der Waals surface area contributed by atoms with Crippen LogP contribution in [-0.2, 0) is 14.3 Å². The van der Waals surface area contributed by atoms with Crippen LogP contribution < -0.4 is 5.73 Å². The number of nitrogens with two attached hydrogens (primary N) is 1. The molecule has 0 saturated carbocycles. The molecule has 1 saturated heterocycles. The molecule has 0 aromatic rings. The van der Waals surface area contributed by atoms with Gasteiger partial charge in [0.15, 0.2) is 0 Å². The zero-order chi connectivity index (χ0) is 15.1. The summed E-state index contributed by atoms with van der Waals surface area (Å²) in [6.45, 7) is 4.60. The second kappa shape index (κ2) is 8.49. The molecular weight excluding hydrogens is 278 g/mol. The molecule has 2 amide bonds. The molecule has 0 aliphatic carbocycles. The summed E-state index contributed by atoms with van der Waals surface area (Å²) in [5, 5.41) is 0.0251. The minimum absolute atomic E-state index is 0.0251. The zero-order valence-electron chi connectivity index (χ0n) is 12.5. The highest BCUT2D eigenvalue weighted by molar-refractivity contribution is 7.99. The first-order chi connectivity index (χ1) is 9.47. The van der Waals surface area contributed by atoms with Gasteiger partial charge in [0.2, 0.25) is 11.8 Å². The zero-order valence-corrected chi connectivity index (χ0v) is 13.3. The third-order valence-electron chi connectivity index (χ3n) is 3.32. The molecule has 6 nitrogen and oxygen atoms in total. The van der Waals surface area contributed by atoms with E-state index in [9.17, 15) is 9.59 Å². The van der Waals surface area contributed by atoms with Gasteiger partial charge >= 0.3 is 0 Å². The first kappa shape index (κ1) is 17.3. The fraction of sp³-hybridized carbons (Fsp3) is 0.846. The maximum absolute atomic E-state index is 12.3. The molecule has 0 aromatic heterocycles. The van der Waals surface area contributed by atoms with Gasteiger partial charge in [0.1, 0.15) is 0 Å². The lowest BCUT2D eigenvalue weighted by Crippen LogP contribution is -2.51. The molecule has 0 spiro atoms. The smallest absolute Gasteiger partial charge is 0.235 e. The summed E-state index contributed by atoms with van der Waals surface area (Å²) < 4.78 is 5.66. The molecule has 116 valence electrons. The molecule has 0 radical (unpaired) electrons. The summed E-state index contributed by atoms with van der Waals surface area (Å²) in [5.74, 6) is -0.171. The van der Waals surface area contributed by atoms with Crippen molar-refractivity contribution in [1.29, 1.82) is 0 Å². The molecule has 1 fully saturated rings. The Morgan fingerprint density at radius 1 is 1.55 bits per heavy atom. The van der Waals surface area contributed by atoms with Crippen LogP contribution >= 0.6 is 11.8 Å². The van der Waals surface area contributed by atoms with E-state index in [0.717, 1.165) is 6.42 Å². The molecule has 1 heterocycles. The van der Waals surface area contributed by atoms with Gasteiger partial charge in [0.05, 0.1) is 24.5 Å². The standard InChI is InChI=1S/C13H25N3O3S/c1-4-11(20-3)13(18)16-5-6-19-10(8-16)7-15(2)9-12(14)17/h10-11H,4-9H2,1-3H3,(H2,14,17)/t10-,11+/m1/s1. The van der Waals surface area contributed by atoms with Crippen LogP contribution in [0.15, 0.2) is 0 Å². The summed E-state index contributed by atoms with van der Waals surface area (Å²) in [6, 6.07) is 0. The Hall–Kier alpha value is -0.790. The Labute approximate surface area is 125 Å². The second-order valence-corrected chi connectivity index (χ2v) is 6.11. The van der Waals surface area contributed by atoms with Crippen molar-refractivity contribution < 1.29 is 14.3 Å². The lowest BCUT2D eigenvalue weighted by atomic mass is 10.2. The number of hydrogen-bond donors (Lipinski definition) is 1. The van der Waals surface area contributed by atoms with E-state index in [2.05, 4.69) is 0 Å². The van der Waals surface area contributed by atoms with Crippen LogP contribution in [0.2, 0.25) is 0 Å². The summed E-state index contributed by atoms with van der Waals surface area (Å²) >= 11 is 1.59. The van der Waals surface area contributed by atoms with Crippen LogP contribution in [0.25, 0.3) is 0 Å². The van der Waals surface area contributed by atoms with Gasteiger partial charge in [-0.1, -0.05) is 6.92 Å². The second-order valence-electron chi connectivity index (χ2n) is 5.07. The minimum Gasteiger partial charge on any atom is -0.373 e. The fourth-order valence-electron chi connectivity index (χ4n) is 2.35. The summed E-state index contributed by atoms with van der Waals surface area (Å²) in [6.07, 6.45) is 2.74. The van der Waals surface area contributed by atoms with Crippen LogP contribution in [0.4, 0.5) is 0 Å². The van der Waals surface area contributed by atoms with Crippen molar-refractivity contribution >= 4 is 23.6 Å². The van der Waals surface area contributed by atoms with Crippen molar-refractivity contribution in [3.63, 3.8) is 0 Å². The number of carbonyl (C=O) groups excluding carboxylic acids is 2. The Morgan fingerprint density at radius 2 is 2.25 bits per heavy atom. The number of nitrogens with zero attached hydrogens (tertiary/aromatic N) is 2. The van der Waals surface area contributed by atoms with Crippen molar-refractivity contribution in [3.8, 4) is 0 Å². The number of rotatable bonds is 7. The van der Waals surface area contributed by atoms with Gasteiger partial charge in [-0.25, -0.2) is 0 Å². The van der Waals surface area contributed by atoms with Gasteiger partial charge in [0, 0.05) is 19.6 Å². The van der Waals surface area contributed by atoms with E-state index in [-0.39, 0.29) is 29.7 Å². The number of morpholine rings is 1. The van der Waals surface area contributed by atoms with Crippen molar-refractivity contribution in [2.24, 2.45) is 5.73 Å². The van der Waals surface area contributed by atoms with E-state index >= 15 is 0 Å². The van der Waals surface area contributed by atoms with Crippen molar-refractivity contribution in [1.82, 2.24) is 9.80 Å². The topological polar surface area (TPSA) is 75.9 Å². The average Bonchev–Trinajstić information content (AvgIpc) is 2.39. The van der Waals surface area contributed by atoms with Gasteiger partial charge in [0.25, 0.3) is 0 Å². The fourth-order valence-corrected chi connectivity index (χ4v) is 3.04. The molecule has 2 atom stereocenters. The van der Waals surface area contributed by atoms with Crippen molar-refractivity contribution in [2.75, 3.05) is 46.1 Å². The maximum Gasteiger partial charge on any atom is 0.235 e. The number of thioether (sulfide) groups is 1. The lowest BCUT2D eigenvalue weighted by Gasteiger charge is -2.36. The van der Waals surface area contributed by atoms with Crippen molar-refractivity contribution in [2.45, 2.75) is 24.7 Å². The first-order valence-electron chi connectivity index (χ1n) is 6.88. The van der Waals surface area contributed by atoms with E-state index in [1.54, 1.807) is 11.8 Å². The van der Waals surface area contributed by atoms with Gasteiger partial charge in [-0.15, -0.1) is 0 Å². The number of hydrogen-bond acceptors (Lipinski definition) is 5. The molecule has 0 bridgehead atoms. The highest BCUT2D eigenvalue weighted by atomic mass is 32.2. The molecule has 1 aliphatic rings. The first-order valence-corrected chi connectivity index (χ1v) is 8.16. The predicted molar refractivity (Wildman–Crippen MR) is 80.6 cm³/mol. The maximum atomic E-state index is 12.3. The average molecular weight is 303 g/mol. The Bertz CT molecular complexity index is 337. The van der Waals surface area contributed by atoms with Crippen molar-refractivity contribution in [3.05, 3.63) is 0 Å². The van der Waals surface area contributed by atoms with E-state index < -0.39 is 0 Å². The minimum atomic E-state index is -0.357. The van der Waals surface area contributed by atoms with Crippen LogP contribution in [0.5, 0.6) is 0 Å². The monoisotopic (exact) mass is 303 g/mol. The van der Waals surface area contributed by atoms with E-state index in [4.69, 9.17) is 10.5 Å². The third-order valence-corrected chi connectivity index (χ3v) is 4.43. The van der Waals surface area contributed by atoms with Gasteiger partial charge < -0.3 is 15.4 Å². The van der Waals surface area contributed by atoms with Crippen LogP contribution in [-0.4, -0.2) is 79.1 Å². The molecule has 0 unspecified atom stereocenters. The number of likely N-dealkylation sites (N-methyl/N-ethyl adjacent to an activating group) is 1. The number of carbonyl (C=O) groups is 2. The van der Waals surface area contributed by atoms with Gasteiger partial charge in [-0.3, -0.25) is 14.5 Å². The molecule has 0 aromatic carbocycles. The van der Waals surface area contributed by atoms with Gasteiger partial charge in [-0.2, -0.15) is 11.8 Å². The highest BCUT2D eigenvalue weighted by Crippen LogP contribution is 2.16. The van der Waals surface area contributed by atoms with E-state index in [1.807, 2.05) is 30.0 Å². The third kappa shape index (κ3) is 5.30. The summed E-state index contributed by atoms with van der Waals surface area (Å²) in [7, 11) is 1.83. The van der Waals surface area contributed by atoms with E-state index in [1.165, 1.54) is 0 Å². The molecule has 7 heteroatoms. The number of amides is 2. The molecule has 1 rings (SSSR count). The summed E-state index contributed by atoms with van der Waals surface area (Å²) in [5.41, 5.74) is 5.16. The Morgan fingerprint density at radius 3 is 2.80 bits per heavy atom. The predicted octanol–water partition coefficient (Wildman–Crippen LogP) is -0.227. The Kier molecular flexibility index (Phi) is 7.32. The number of primary amides is 1. The van der Waals surface area contributed by atoms with Crippen LogP contribution in [0, 0.1) is 0 Å². The van der Waals surface area contributed by atoms with E-state index in [0.29, 0.717) is 26.2 Å². The highest BCUT2D eigenvalue weighted by Gasteiger charge is 2.28. The normalized spacial score (nSPS) is 21.0. The van der Waals surface area contributed by atoms with Crippen LogP contribution in [0.3, 0.4) is 0 Å². The molecule has 1 aliphatic heterocycles. The molecular formula is C13H25N3O3S. The van der Waals surface area contributed by atoms with Crippen LogP contribution in [0.1, 0.15) is 13.3 Å². The molecule has 20 heavy (non-hydrogen) atoms. The Balaban J connectivity index is 2.49. The summed E-state index contributed by atoms with van der Waals surface area (Å²) in [4.78, 5) is 26.9. The lowest BCUT2D eigenvalue weighted by molar-refractivity contribution is -0.139. The largest absolute Gasteiger partial charge is 0.373 e. The molecule has 2 N–H and O–H groups in total. The quantitative estimate of drug-likeness (QED) is 0.703. The van der Waals surface area contributed by atoms with Gasteiger partial charge in [-0.05, 0) is 19.7 Å². The SMILES string of the molecule is CC[C@H](SC)C(=O)N1CCO[C@H](CN(C)CC(N)=O)C1. The number of ether oxygens (including phenoxy) is 1.